The molecule has 0 spiro atoms. The topological polar surface area (TPSA) is 22.1 Å². The summed E-state index contributed by atoms with van der Waals surface area (Å²) in [6, 6.07) is 7.91. The molecule has 0 saturated carbocycles. The smallest absolute Gasteiger partial charge is 0.217 e. The van der Waals surface area contributed by atoms with Crippen LogP contribution in [0.2, 0.25) is 5.02 Å². The van der Waals surface area contributed by atoms with Gasteiger partial charge in [-0.1, -0.05) is 23.7 Å². The lowest BCUT2D eigenvalue weighted by atomic mass is 10.1. The minimum absolute atomic E-state index is 0.681. The molecule has 0 aliphatic carbocycles. The van der Waals surface area contributed by atoms with Crippen molar-refractivity contribution in [3.8, 4) is 5.88 Å². The van der Waals surface area contributed by atoms with E-state index in [4.69, 9.17) is 16.3 Å². The van der Waals surface area contributed by atoms with E-state index >= 15 is 0 Å². The molecule has 0 unspecified atom stereocenters. The van der Waals surface area contributed by atoms with E-state index in [1.807, 2.05) is 18.2 Å². The Labute approximate surface area is 86.5 Å². The first kappa shape index (κ1) is 8.06. The number of aromatic nitrogens is 1. The molecule has 0 saturated heterocycles. The molecule has 2 aromatic rings. The molecule has 3 heteroatoms. The molecule has 14 heavy (non-hydrogen) atoms. The van der Waals surface area contributed by atoms with Gasteiger partial charge in [-0.25, -0.2) is 4.98 Å². The number of rotatable bonds is 0. The number of pyridine rings is 1. The summed E-state index contributed by atoms with van der Waals surface area (Å²) in [5.41, 5.74) is 2.01. The molecule has 2 nitrogen and oxygen atoms in total. The second kappa shape index (κ2) is 2.85. The lowest BCUT2D eigenvalue weighted by Crippen LogP contribution is -1.88. The Balaban J connectivity index is 2.39. The van der Waals surface area contributed by atoms with E-state index in [-0.39, 0.29) is 0 Å². The minimum Gasteiger partial charge on any atom is -0.477 e. The number of hydrogen-bond donors (Lipinski definition) is 0. The first-order chi connectivity index (χ1) is 6.84. The third kappa shape index (κ3) is 1.07. The quantitative estimate of drug-likeness (QED) is 0.660. The molecule has 0 amide bonds. The Bertz CT molecular complexity index is 510. The van der Waals surface area contributed by atoms with Crippen molar-refractivity contribution in [2.45, 2.75) is 6.42 Å². The van der Waals surface area contributed by atoms with E-state index in [1.54, 1.807) is 0 Å². The summed E-state index contributed by atoms with van der Waals surface area (Å²) < 4.78 is 5.39. The van der Waals surface area contributed by atoms with Gasteiger partial charge in [-0.15, -0.1) is 0 Å². The van der Waals surface area contributed by atoms with Crippen LogP contribution in [0.5, 0.6) is 5.88 Å². The Hall–Kier alpha value is -1.28. The van der Waals surface area contributed by atoms with Crippen LogP contribution in [0.25, 0.3) is 10.9 Å². The van der Waals surface area contributed by atoms with Crippen molar-refractivity contribution in [3.05, 3.63) is 34.9 Å². The van der Waals surface area contributed by atoms with Gasteiger partial charge < -0.3 is 4.74 Å². The maximum absolute atomic E-state index is 6.04. The van der Waals surface area contributed by atoms with Crippen LogP contribution in [0.15, 0.2) is 24.3 Å². The average Bonchev–Trinajstić information content (AvgIpc) is 2.62. The van der Waals surface area contributed by atoms with E-state index in [0.29, 0.717) is 5.02 Å². The normalized spacial score (nSPS) is 14.1. The maximum Gasteiger partial charge on any atom is 0.217 e. The lowest BCUT2D eigenvalue weighted by molar-refractivity contribution is 0.346. The predicted octanol–water partition coefficient (Wildman–Crippen LogP) is 2.82. The van der Waals surface area contributed by atoms with Crippen molar-refractivity contribution in [1.29, 1.82) is 0 Å². The molecule has 3 rings (SSSR count). The van der Waals surface area contributed by atoms with Crippen molar-refractivity contribution >= 4 is 22.5 Å². The van der Waals surface area contributed by atoms with Gasteiger partial charge in [0.05, 0.1) is 17.1 Å². The Morgan fingerprint density at radius 1 is 1.36 bits per heavy atom. The second-order valence-electron chi connectivity index (χ2n) is 3.36. The van der Waals surface area contributed by atoms with Crippen LogP contribution in [0.3, 0.4) is 0 Å². The highest BCUT2D eigenvalue weighted by molar-refractivity contribution is 6.35. The van der Waals surface area contributed by atoms with Crippen molar-refractivity contribution in [1.82, 2.24) is 4.98 Å². The molecule has 1 aliphatic heterocycles. The summed E-state index contributed by atoms with van der Waals surface area (Å²) >= 11 is 6.04. The van der Waals surface area contributed by atoms with Crippen LogP contribution in [-0.4, -0.2) is 11.6 Å². The van der Waals surface area contributed by atoms with Gasteiger partial charge in [-0.05, 0) is 12.1 Å². The van der Waals surface area contributed by atoms with Gasteiger partial charge in [-0.2, -0.15) is 0 Å². The van der Waals surface area contributed by atoms with Crippen LogP contribution in [-0.2, 0) is 6.42 Å². The number of ether oxygens (including phenoxy) is 1. The standard InChI is InChI=1S/C11H8ClNO/c12-9-3-1-2-7-6-8-4-5-14-11(8)13-10(7)9/h1-3,6H,4-5H2. The summed E-state index contributed by atoms with van der Waals surface area (Å²) in [5, 5.41) is 1.77. The lowest BCUT2D eigenvalue weighted by Gasteiger charge is -2.02. The van der Waals surface area contributed by atoms with E-state index in [1.165, 1.54) is 5.56 Å². The number of fused-ring (bicyclic) bond motifs is 2. The first-order valence-electron chi connectivity index (χ1n) is 4.55. The molecular weight excluding hydrogens is 198 g/mol. The number of benzene rings is 1. The highest BCUT2D eigenvalue weighted by Crippen LogP contribution is 2.29. The third-order valence-corrected chi connectivity index (χ3v) is 2.75. The zero-order valence-corrected chi connectivity index (χ0v) is 8.21. The molecule has 0 N–H and O–H groups in total. The van der Waals surface area contributed by atoms with Gasteiger partial charge in [-0.3, -0.25) is 0 Å². The van der Waals surface area contributed by atoms with Crippen molar-refractivity contribution < 1.29 is 4.74 Å². The Morgan fingerprint density at radius 3 is 3.21 bits per heavy atom. The third-order valence-electron chi connectivity index (χ3n) is 2.45. The molecule has 0 radical (unpaired) electrons. The molecule has 2 heterocycles. The highest BCUT2D eigenvalue weighted by Gasteiger charge is 2.15. The monoisotopic (exact) mass is 205 g/mol. The number of halogens is 1. The van der Waals surface area contributed by atoms with Crippen LogP contribution < -0.4 is 4.74 Å². The largest absolute Gasteiger partial charge is 0.477 e. The van der Waals surface area contributed by atoms with Gasteiger partial charge in [0, 0.05) is 17.4 Å². The van der Waals surface area contributed by atoms with Gasteiger partial charge in [0.2, 0.25) is 5.88 Å². The number of hydrogen-bond acceptors (Lipinski definition) is 2. The van der Waals surface area contributed by atoms with Gasteiger partial charge in [0.25, 0.3) is 0 Å². The molecule has 0 bridgehead atoms. The summed E-state index contributed by atoms with van der Waals surface area (Å²) in [5.74, 6) is 0.741. The Morgan fingerprint density at radius 2 is 2.29 bits per heavy atom. The van der Waals surface area contributed by atoms with Gasteiger partial charge >= 0.3 is 0 Å². The molecule has 70 valence electrons. The molecular formula is C11H8ClNO. The van der Waals surface area contributed by atoms with Crippen molar-refractivity contribution in [3.63, 3.8) is 0 Å². The van der Waals surface area contributed by atoms with E-state index < -0.39 is 0 Å². The highest BCUT2D eigenvalue weighted by atomic mass is 35.5. The van der Waals surface area contributed by atoms with Crippen LogP contribution in [0.1, 0.15) is 5.56 Å². The van der Waals surface area contributed by atoms with Crippen LogP contribution >= 0.6 is 11.6 Å². The summed E-state index contributed by atoms with van der Waals surface area (Å²) in [7, 11) is 0. The summed E-state index contributed by atoms with van der Waals surface area (Å²) in [4.78, 5) is 4.40. The van der Waals surface area contributed by atoms with Gasteiger partial charge in [0.15, 0.2) is 0 Å². The number of nitrogens with zero attached hydrogens (tertiary/aromatic N) is 1. The second-order valence-corrected chi connectivity index (χ2v) is 3.77. The van der Waals surface area contributed by atoms with Crippen LogP contribution in [0, 0.1) is 0 Å². The van der Waals surface area contributed by atoms with E-state index in [2.05, 4.69) is 11.1 Å². The fourth-order valence-corrected chi connectivity index (χ4v) is 1.98. The SMILES string of the molecule is Clc1cccc2cc3c(nc12)OCC3. The number of para-hydroxylation sites is 1. The molecule has 1 aromatic carbocycles. The van der Waals surface area contributed by atoms with Crippen LogP contribution in [0.4, 0.5) is 0 Å². The maximum atomic E-state index is 6.04. The van der Waals surface area contributed by atoms with Crippen molar-refractivity contribution in [2.75, 3.05) is 6.61 Å². The average molecular weight is 206 g/mol. The van der Waals surface area contributed by atoms with Crippen molar-refractivity contribution in [2.24, 2.45) is 0 Å². The summed E-state index contributed by atoms with van der Waals surface area (Å²) in [6.07, 6.45) is 0.949. The predicted molar refractivity (Wildman–Crippen MR) is 56.0 cm³/mol. The zero-order valence-electron chi connectivity index (χ0n) is 7.46. The van der Waals surface area contributed by atoms with Gasteiger partial charge in [0.1, 0.15) is 0 Å². The fraction of sp³-hybridized carbons (Fsp3) is 0.182. The first-order valence-corrected chi connectivity index (χ1v) is 4.93. The minimum atomic E-state index is 0.681. The summed E-state index contributed by atoms with van der Waals surface area (Å²) in [6.45, 7) is 0.732. The molecule has 0 atom stereocenters. The van der Waals surface area contributed by atoms with E-state index in [9.17, 15) is 0 Å². The zero-order chi connectivity index (χ0) is 9.54. The molecule has 0 fully saturated rings. The van der Waals surface area contributed by atoms with E-state index in [0.717, 1.165) is 29.8 Å². The molecule has 1 aliphatic rings. The fourth-order valence-electron chi connectivity index (χ4n) is 1.75. The Kier molecular flexibility index (Phi) is 1.64. The molecule has 1 aromatic heterocycles.